The summed E-state index contributed by atoms with van der Waals surface area (Å²) in [4.78, 5) is 29.5. The largest absolute Gasteiger partial charge is 0.507 e. The summed E-state index contributed by atoms with van der Waals surface area (Å²) in [6, 6.07) is 9.51. The van der Waals surface area contributed by atoms with Crippen molar-refractivity contribution in [1.82, 2.24) is 9.80 Å². The number of nitrogens with zero attached hydrogens (tertiary/aromatic N) is 2. The number of furan rings is 1. The number of amides is 1. The third-order valence-corrected chi connectivity index (χ3v) is 5.47. The van der Waals surface area contributed by atoms with Gasteiger partial charge in [-0.2, -0.15) is 0 Å². The van der Waals surface area contributed by atoms with Gasteiger partial charge in [-0.05, 0) is 44.3 Å². The molecule has 3 rings (SSSR count). The molecule has 0 aliphatic carbocycles. The number of carbonyl (C=O) groups excluding carboxylic acids is 2. The molecular formula is C23H28N2O5. The number of methoxy groups -OCH3 is 1. The Hall–Kier alpha value is -3.06. The van der Waals surface area contributed by atoms with Crippen molar-refractivity contribution < 1.29 is 23.8 Å². The first-order valence-electron chi connectivity index (χ1n) is 10.1. The summed E-state index contributed by atoms with van der Waals surface area (Å²) in [6.07, 6.45) is 0. The number of Topliss-reactive ketones (excluding diaryl/α,β-unsaturated/α-hetero) is 1. The van der Waals surface area contributed by atoms with Crippen LogP contribution in [0, 0.1) is 6.92 Å². The van der Waals surface area contributed by atoms with Gasteiger partial charge in [0.1, 0.15) is 29.1 Å². The van der Waals surface area contributed by atoms with E-state index in [4.69, 9.17) is 9.15 Å². The molecule has 1 aromatic heterocycles. The van der Waals surface area contributed by atoms with E-state index in [-0.39, 0.29) is 11.3 Å². The summed E-state index contributed by atoms with van der Waals surface area (Å²) < 4.78 is 11.0. The number of carbonyl (C=O) groups is 2. The van der Waals surface area contributed by atoms with E-state index in [2.05, 4.69) is 4.90 Å². The lowest BCUT2D eigenvalue weighted by atomic mass is 9.99. The van der Waals surface area contributed by atoms with Crippen LogP contribution in [0.15, 0.2) is 46.4 Å². The molecule has 30 heavy (non-hydrogen) atoms. The molecule has 2 aromatic rings. The van der Waals surface area contributed by atoms with Crippen molar-refractivity contribution in [2.75, 3.05) is 33.3 Å². The topological polar surface area (TPSA) is 83.2 Å². The molecule has 1 saturated heterocycles. The highest BCUT2D eigenvalue weighted by Gasteiger charge is 2.47. The zero-order valence-corrected chi connectivity index (χ0v) is 17.8. The van der Waals surface area contributed by atoms with E-state index >= 15 is 0 Å². The number of benzene rings is 1. The molecule has 1 aliphatic heterocycles. The molecule has 1 atom stereocenters. The fraction of sp³-hybridized carbons (Fsp3) is 0.391. The Labute approximate surface area is 176 Å². The summed E-state index contributed by atoms with van der Waals surface area (Å²) in [5.74, 6) is 0.0767. The molecular weight excluding hydrogens is 384 g/mol. The van der Waals surface area contributed by atoms with Gasteiger partial charge in [-0.15, -0.1) is 0 Å². The molecule has 0 unspecified atom stereocenters. The quantitative estimate of drug-likeness (QED) is 0.407. The van der Waals surface area contributed by atoms with Crippen molar-refractivity contribution in [1.29, 1.82) is 0 Å². The second-order valence-corrected chi connectivity index (χ2v) is 7.20. The molecule has 2 heterocycles. The minimum atomic E-state index is -0.777. The van der Waals surface area contributed by atoms with E-state index in [0.717, 1.165) is 13.1 Å². The Morgan fingerprint density at radius 2 is 1.93 bits per heavy atom. The minimum absolute atomic E-state index is 0.0298. The number of hydrogen-bond acceptors (Lipinski definition) is 6. The number of aryl methyl sites for hydroxylation is 1. The average Bonchev–Trinajstić information content (AvgIpc) is 3.29. The van der Waals surface area contributed by atoms with Crippen LogP contribution >= 0.6 is 0 Å². The molecule has 0 spiro atoms. The Morgan fingerprint density at radius 3 is 2.53 bits per heavy atom. The van der Waals surface area contributed by atoms with E-state index in [1.807, 2.05) is 13.8 Å². The van der Waals surface area contributed by atoms with Gasteiger partial charge in [0.05, 0.1) is 12.7 Å². The number of hydrogen-bond donors (Lipinski definition) is 1. The molecule has 1 fully saturated rings. The molecule has 0 bridgehead atoms. The number of aliphatic hydroxyl groups is 1. The maximum absolute atomic E-state index is 13.0. The van der Waals surface area contributed by atoms with Crippen LogP contribution < -0.4 is 4.74 Å². The molecule has 0 saturated carbocycles. The van der Waals surface area contributed by atoms with E-state index in [0.29, 0.717) is 35.9 Å². The van der Waals surface area contributed by atoms with Crippen LogP contribution in [-0.2, 0) is 9.59 Å². The van der Waals surface area contributed by atoms with E-state index in [9.17, 15) is 14.7 Å². The van der Waals surface area contributed by atoms with Gasteiger partial charge in [-0.25, -0.2) is 0 Å². The molecule has 160 valence electrons. The Morgan fingerprint density at radius 1 is 1.20 bits per heavy atom. The zero-order chi connectivity index (χ0) is 21.8. The van der Waals surface area contributed by atoms with E-state index < -0.39 is 17.7 Å². The van der Waals surface area contributed by atoms with Crippen LogP contribution in [0.2, 0.25) is 0 Å². The normalized spacial score (nSPS) is 18.4. The monoisotopic (exact) mass is 412 g/mol. The van der Waals surface area contributed by atoms with Crippen molar-refractivity contribution in [3.8, 4) is 5.75 Å². The van der Waals surface area contributed by atoms with Gasteiger partial charge in [-0.1, -0.05) is 26.0 Å². The Bertz CT molecular complexity index is 958. The summed E-state index contributed by atoms with van der Waals surface area (Å²) >= 11 is 0. The maximum atomic E-state index is 13.0. The van der Waals surface area contributed by atoms with Crippen molar-refractivity contribution >= 4 is 17.4 Å². The highest BCUT2D eigenvalue weighted by molar-refractivity contribution is 6.46. The number of likely N-dealkylation sites (N-methyl/N-ethyl adjacent to an activating group) is 1. The second kappa shape index (κ2) is 9.17. The Balaban J connectivity index is 2.07. The van der Waals surface area contributed by atoms with E-state index in [1.54, 1.807) is 43.3 Å². The number of ether oxygens (including phenoxy) is 1. The SMILES string of the molecule is CCN(CC)CCN1C(=O)C(=O)/C(=C(/O)c2cccc(OC)c2)[C@H]1c1ccc(C)o1. The van der Waals surface area contributed by atoms with Crippen LogP contribution in [-0.4, -0.2) is 59.9 Å². The molecule has 1 aliphatic rings. The fourth-order valence-corrected chi connectivity index (χ4v) is 3.72. The first-order chi connectivity index (χ1) is 14.4. The van der Waals surface area contributed by atoms with Crippen LogP contribution in [0.5, 0.6) is 5.75 Å². The predicted octanol–water partition coefficient (Wildman–Crippen LogP) is 3.36. The summed E-state index contributed by atoms with van der Waals surface area (Å²) in [5.41, 5.74) is 0.437. The lowest BCUT2D eigenvalue weighted by Crippen LogP contribution is -2.37. The highest BCUT2D eigenvalue weighted by Crippen LogP contribution is 2.40. The van der Waals surface area contributed by atoms with Gasteiger partial charge in [0.15, 0.2) is 0 Å². The van der Waals surface area contributed by atoms with Crippen molar-refractivity contribution in [2.45, 2.75) is 26.8 Å². The maximum Gasteiger partial charge on any atom is 0.295 e. The first-order valence-corrected chi connectivity index (χ1v) is 10.1. The predicted molar refractivity (Wildman–Crippen MR) is 113 cm³/mol. The van der Waals surface area contributed by atoms with E-state index in [1.165, 1.54) is 12.0 Å². The van der Waals surface area contributed by atoms with Gasteiger partial charge in [0.2, 0.25) is 0 Å². The van der Waals surface area contributed by atoms with Crippen LogP contribution in [0.1, 0.15) is 37.0 Å². The molecule has 1 amide bonds. The molecule has 7 heteroatoms. The summed E-state index contributed by atoms with van der Waals surface area (Å²) in [6.45, 7) is 8.56. The average molecular weight is 412 g/mol. The van der Waals surface area contributed by atoms with Gasteiger partial charge in [-0.3, -0.25) is 9.59 Å². The summed E-state index contributed by atoms with van der Waals surface area (Å²) in [5, 5.41) is 11.0. The minimum Gasteiger partial charge on any atom is -0.507 e. The smallest absolute Gasteiger partial charge is 0.295 e. The summed E-state index contributed by atoms with van der Waals surface area (Å²) in [7, 11) is 1.52. The first kappa shape index (κ1) is 21.6. The third kappa shape index (κ3) is 4.11. The standard InChI is InChI=1S/C23H28N2O5/c1-5-24(6-2)12-13-25-20(18-11-10-15(3)30-18)19(22(27)23(25)28)21(26)16-8-7-9-17(14-16)29-4/h7-11,14,20,26H,5-6,12-13H2,1-4H3/b21-19+/t20-/m1/s1. The lowest BCUT2D eigenvalue weighted by molar-refractivity contribution is -0.140. The lowest BCUT2D eigenvalue weighted by Gasteiger charge is -2.26. The number of ketones is 1. The number of likely N-dealkylation sites (tertiary alicyclic amines) is 1. The molecule has 1 N–H and O–H groups in total. The number of aliphatic hydroxyl groups excluding tert-OH is 1. The van der Waals surface area contributed by atoms with Crippen LogP contribution in [0.4, 0.5) is 0 Å². The number of rotatable bonds is 8. The second-order valence-electron chi connectivity index (χ2n) is 7.20. The van der Waals surface area contributed by atoms with Gasteiger partial charge < -0.3 is 24.1 Å². The third-order valence-electron chi connectivity index (χ3n) is 5.47. The van der Waals surface area contributed by atoms with Crippen molar-refractivity contribution in [2.24, 2.45) is 0 Å². The van der Waals surface area contributed by atoms with Crippen molar-refractivity contribution in [3.05, 3.63) is 59.1 Å². The van der Waals surface area contributed by atoms with Crippen LogP contribution in [0.25, 0.3) is 5.76 Å². The van der Waals surface area contributed by atoms with Gasteiger partial charge >= 0.3 is 0 Å². The van der Waals surface area contributed by atoms with Crippen LogP contribution in [0.3, 0.4) is 0 Å². The molecule has 0 radical (unpaired) electrons. The molecule has 7 nitrogen and oxygen atoms in total. The molecule has 1 aromatic carbocycles. The van der Waals surface area contributed by atoms with Gasteiger partial charge in [0, 0.05) is 18.7 Å². The zero-order valence-electron chi connectivity index (χ0n) is 17.8. The fourth-order valence-electron chi connectivity index (χ4n) is 3.72. The van der Waals surface area contributed by atoms with Gasteiger partial charge in [0.25, 0.3) is 11.7 Å². The van der Waals surface area contributed by atoms with Crippen molar-refractivity contribution in [3.63, 3.8) is 0 Å². The Kier molecular flexibility index (Phi) is 6.62. The highest BCUT2D eigenvalue weighted by atomic mass is 16.5.